The minimum Gasteiger partial charge on any atom is -0.477 e. The van der Waals surface area contributed by atoms with Crippen LogP contribution in [0.25, 0.3) is 11.4 Å². The van der Waals surface area contributed by atoms with Crippen LogP contribution in [-0.4, -0.2) is 42.5 Å². The number of aromatic nitrogens is 4. The van der Waals surface area contributed by atoms with Crippen LogP contribution in [0.4, 0.5) is 0 Å². The molecule has 4 heterocycles. The van der Waals surface area contributed by atoms with Gasteiger partial charge in [-0.05, 0) is 12.1 Å². The number of nitrogens with one attached hydrogen (secondary N) is 1. The van der Waals surface area contributed by atoms with Crippen LogP contribution in [0.3, 0.4) is 0 Å². The minimum absolute atomic E-state index is 0.157. The molecule has 0 fully saturated rings. The van der Waals surface area contributed by atoms with Gasteiger partial charge in [0.05, 0.1) is 16.8 Å². The number of H-pyrrole nitrogens is 1. The van der Waals surface area contributed by atoms with E-state index in [1.54, 1.807) is 18.5 Å². The normalized spacial score (nSPS) is 14.2. The van der Waals surface area contributed by atoms with Crippen molar-refractivity contribution in [2.24, 2.45) is 0 Å². The quantitative estimate of drug-likeness (QED) is 0.717. The van der Waals surface area contributed by atoms with E-state index in [0.29, 0.717) is 41.3 Å². The van der Waals surface area contributed by atoms with E-state index in [1.165, 1.54) is 17.7 Å². The third kappa shape index (κ3) is 3.26. The van der Waals surface area contributed by atoms with Gasteiger partial charge in [0.25, 0.3) is 5.56 Å². The van der Waals surface area contributed by atoms with Crippen molar-refractivity contribution in [2.45, 2.75) is 19.5 Å². The van der Waals surface area contributed by atoms with Crippen LogP contribution in [0, 0.1) is 0 Å². The average molecular weight is 369 g/mol. The lowest BCUT2D eigenvalue weighted by atomic mass is 10.1. The number of nitrogens with zero attached hydrogens (tertiary/aromatic N) is 4. The van der Waals surface area contributed by atoms with Crippen LogP contribution in [0.15, 0.2) is 35.6 Å². The summed E-state index contributed by atoms with van der Waals surface area (Å²) in [4.78, 5) is 42.2. The smallest absolute Gasteiger partial charge is 0.345 e. The molecule has 4 rings (SSSR count). The Kier molecular flexibility index (Phi) is 4.31. The summed E-state index contributed by atoms with van der Waals surface area (Å²) in [5.74, 6) is -0.435. The van der Waals surface area contributed by atoms with Crippen LogP contribution in [0.5, 0.6) is 0 Å². The number of rotatable bonds is 4. The first-order valence-corrected chi connectivity index (χ1v) is 8.83. The van der Waals surface area contributed by atoms with E-state index >= 15 is 0 Å². The molecule has 3 aromatic rings. The van der Waals surface area contributed by atoms with Gasteiger partial charge in [0.15, 0.2) is 0 Å². The zero-order valence-corrected chi connectivity index (χ0v) is 14.5. The van der Waals surface area contributed by atoms with E-state index in [2.05, 4.69) is 24.8 Å². The van der Waals surface area contributed by atoms with Gasteiger partial charge in [0.1, 0.15) is 17.0 Å². The van der Waals surface area contributed by atoms with Crippen molar-refractivity contribution in [1.29, 1.82) is 0 Å². The number of hydrogen-bond acceptors (Lipinski definition) is 7. The van der Waals surface area contributed by atoms with Gasteiger partial charge in [-0.1, -0.05) is 0 Å². The Bertz CT molecular complexity index is 1010. The molecule has 0 aliphatic carbocycles. The summed E-state index contributed by atoms with van der Waals surface area (Å²) in [6.45, 7) is 1.86. The minimum atomic E-state index is -0.914. The lowest BCUT2D eigenvalue weighted by Gasteiger charge is -2.27. The molecule has 9 heteroatoms. The van der Waals surface area contributed by atoms with Crippen molar-refractivity contribution in [3.8, 4) is 11.4 Å². The maximum Gasteiger partial charge on any atom is 0.345 e. The van der Waals surface area contributed by atoms with Gasteiger partial charge in [-0.25, -0.2) is 19.7 Å². The zero-order chi connectivity index (χ0) is 18.1. The lowest BCUT2D eigenvalue weighted by molar-refractivity contribution is 0.0702. The fourth-order valence-corrected chi connectivity index (χ4v) is 3.86. The van der Waals surface area contributed by atoms with Crippen LogP contribution in [-0.2, 0) is 19.5 Å². The van der Waals surface area contributed by atoms with Crippen molar-refractivity contribution in [1.82, 2.24) is 24.8 Å². The molecule has 0 aromatic carbocycles. The fraction of sp³-hybridized carbons (Fsp3) is 0.235. The molecule has 0 bridgehead atoms. The third-order valence-corrected chi connectivity index (χ3v) is 5.29. The largest absolute Gasteiger partial charge is 0.477 e. The molecule has 0 radical (unpaired) electrons. The highest BCUT2D eigenvalue weighted by Gasteiger charge is 2.22. The molecule has 8 nitrogen and oxygen atoms in total. The Morgan fingerprint density at radius 2 is 2.12 bits per heavy atom. The highest BCUT2D eigenvalue weighted by atomic mass is 32.1. The Hall–Kier alpha value is -2.91. The predicted molar refractivity (Wildman–Crippen MR) is 95.0 cm³/mol. The molecular formula is C17H15N5O3S. The highest BCUT2D eigenvalue weighted by Crippen LogP contribution is 2.22. The second kappa shape index (κ2) is 6.77. The van der Waals surface area contributed by atoms with Crippen LogP contribution < -0.4 is 5.56 Å². The van der Waals surface area contributed by atoms with E-state index in [0.717, 1.165) is 17.1 Å². The molecule has 1 aliphatic heterocycles. The highest BCUT2D eigenvalue weighted by molar-refractivity contribution is 7.13. The Balaban J connectivity index is 1.55. The SMILES string of the molecule is O=C(O)c1ccc(CN2CCc3nc(-c4cncnc4)[nH]c(=O)c3C2)s1. The first-order chi connectivity index (χ1) is 12.6. The van der Waals surface area contributed by atoms with Crippen LogP contribution >= 0.6 is 11.3 Å². The van der Waals surface area contributed by atoms with E-state index in [1.807, 2.05) is 6.07 Å². The molecule has 0 saturated carbocycles. The van der Waals surface area contributed by atoms with Crippen molar-refractivity contribution >= 4 is 17.3 Å². The van der Waals surface area contributed by atoms with Crippen molar-refractivity contribution < 1.29 is 9.90 Å². The number of carboxylic acid groups (broad SMARTS) is 1. The second-order valence-electron chi connectivity index (χ2n) is 6.00. The van der Waals surface area contributed by atoms with E-state index in [-0.39, 0.29) is 5.56 Å². The molecule has 2 N–H and O–H groups in total. The van der Waals surface area contributed by atoms with E-state index in [4.69, 9.17) is 5.11 Å². The average Bonchev–Trinajstić information content (AvgIpc) is 3.12. The summed E-state index contributed by atoms with van der Waals surface area (Å²) in [5, 5.41) is 9.02. The van der Waals surface area contributed by atoms with Crippen LogP contribution in [0.2, 0.25) is 0 Å². The fourth-order valence-electron chi connectivity index (χ4n) is 2.97. The lowest BCUT2D eigenvalue weighted by Crippen LogP contribution is -2.35. The molecule has 0 spiro atoms. The summed E-state index contributed by atoms with van der Waals surface area (Å²) in [5.41, 5.74) is 1.97. The summed E-state index contributed by atoms with van der Waals surface area (Å²) in [6, 6.07) is 3.44. The molecule has 1 aliphatic rings. The van der Waals surface area contributed by atoms with Crippen molar-refractivity contribution in [3.05, 3.63) is 62.2 Å². The summed E-state index contributed by atoms with van der Waals surface area (Å²) < 4.78 is 0. The monoisotopic (exact) mass is 369 g/mol. The van der Waals surface area contributed by atoms with Gasteiger partial charge >= 0.3 is 5.97 Å². The van der Waals surface area contributed by atoms with E-state index in [9.17, 15) is 9.59 Å². The maximum absolute atomic E-state index is 12.5. The maximum atomic E-state index is 12.5. The molecular weight excluding hydrogens is 354 g/mol. The van der Waals surface area contributed by atoms with Gasteiger partial charge in [0, 0.05) is 43.3 Å². The number of hydrogen-bond donors (Lipinski definition) is 2. The topological polar surface area (TPSA) is 112 Å². The molecule has 0 unspecified atom stereocenters. The molecule has 26 heavy (non-hydrogen) atoms. The van der Waals surface area contributed by atoms with Crippen LogP contribution in [0.1, 0.15) is 25.8 Å². The van der Waals surface area contributed by atoms with Gasteiger partial charge in [-0.2, -0.15) is 0 Å². The number of fused-ring (bicyclic) bond motifs is 1. The number of aromatic amines is 1. The second-order valence-corrected chi connectivity index (χ2v) is 7.17. The van der Waals surface area contributed by atoms with Gasteiger partial charge < -0.3 is 10.1 Å². The van der Waals surface area contributed by atoms with Gasteiger partial charge in [-0.15, -0.1) is 11.3 Å². The Morgan fingerprint density at radius 3 is 2.85 bits per heavy atom. The predicted octanol–water partition coefficient (Wildman–Crippen LogP) is 1.54. The molecule has 3 aromatic heterocycles. The van der Waals surface area contributed by atoms with Gasteiger partial charge in [-0.3, -0.25) is 9.69 Å². The molecule has 132 valence electrons. The first-order valence-electron chi connectivity index (χ1n) is 8.02. The summed E-state index contributed by atoms with van der Waals surface area (Å²) >= 11 is 1.26. The van der Waals surface area contributed by atoms with Crippen molar-refractivity contribution in [2.75, 3.05) is 6.54 Å². The number of aromatic carboxylic acids is 1. The number of thiophene rings is 1. The first kappa shape index (κ1) is 16.6. The molecule has 0 amide bonds. The zero-order valence-electron chi connectivity index (χ0n) is 13.7. The van der Waals surface area contributed by atoms with E-state index < -0.39 is 5.97 Å². The third-order valence-electron chi connectivity index (χ3n) is 4.23. The standard InChI is InChI=1S/C17H15N5O3S/c23-16-12-8-22(7-11-1-2-14(26-11)17(24)25)4-3-13(12)20-15(21-16)10-5-18-9-19-6-10/h1-2,5-6,9H,3-4,7-8H2,(H,24,25)(H,20,21,23). The summed E-state index contributed by atoms with van der Waals surface area (Å²) in [6.07, 6.45) is 5.32. The summed E-state index contributed by atoms with van der Waals surface area (Å²) in [7, 11) is 0. The number of carboxylic acids is 1. The number of carbonyl (C=O) groups is 1. The Labute approximate surface area is 152 Å². The molecule has 0 atom stereocenters. The Morgan fingerprint density at radius 1 is 1.31 bits per heavy atom. The van der Waals surface area contributed by atoms with Gasteiger partial charge in [0.2, 0.25) is 0 Å². The molecule has 0 saturated heterocycles. The van der Waals surface area contributed by atoms with Crippen molar-refractivity contribution in [3.63, 3.8) is 0 Å².